The molecule has 1 aliphatic heterocycles. The van der Waals surface area contributed by atoms with E-state index in [1.165, 1.54) is 6.07 Å². The number of carboxylic acid groups (broad SMARTS) is 1. The van der Waals surface area contributed by atoms with Crippen LogP contribution in [-0.4, -0.2) is 36.3 Å². The first kappa shape index (κ1) is 16.0. The fraction of sp³-hybridized carbons (Fsp3) is 0.222. The van der Waals surface area contributed by atoms with Gasteiger partial charge in [-0.3, -0.25) is 4.79 Å². The number of carbonyl (C=O) groups is 2. The van der Waals surface area contributed by atoms with Crippen molar-refractivity contribution in [2.45, 2.75) is 12.5 Å². The number of carbonyl (C=O) groups excluding carboxylic acids is 1. The molecule has 1 amide bonds. The fourth-order valence-corrected chi connectivity index (χ4v) is 2.46. The third-order valence-electron chi connectivity index (χ3n) is 3.71. The van der Waals surface area contributed by atoms with Crippen molar-refractivity contribution in [1.82, 2.24) is 0 Å². The molecule has 6 heteroatoms. The van der Waals surface area contributed by atoms with Crippen LogP contribution in [0.4, 0.5) is 5.69 Å². The van der Waals surface area contributed by atoms with E-state index >= 15 is 0 Å². The Bertz CT molecular complexity index is 735. The molecule has 2 aromatic rings. The summed E-state index contributed by atoms with van der Waals surface area (Å²) < 4.78 is 11.0. The lowest BCUT2D eigenvalue weighted by atomic mass is 10.1. The summed E-state index contributed by atoms with van der Waals surface area (Å²) in [5.41, 5.74) is 0.732. The third kappa shape index (κ3) is 3.72. The number of nitrogens with one attached hydrogen (secondary N) is 1. The molecule has 1 saturated heterocycles. The van der Waals surface area contributed by atoms with E-state index in [1.54, 1.807) is 42.5 Å². The molecular weight excluding hydrogens is 310 g/mol. The number of ether oxygens (including phenoxy) is 2. The minimum Gasteiger partial charge on any atom is -0.488 e. The van der Waals surface area contributed by atoms with Gasteiger partial charge in [-0.05, 0) is 36.4 Å². The number of amides is 1. The first-order chi connectivity index (χ1) is 11.6. The van der Waals surface area contributed by atoms with Crippen LogP contribution < -0.4 is 10.1 Å². The number of rotatable bonds is 5. The lowest BCUT2D eigenvalue weighted by Gasteiger charge is -2.12. The Morgan fingerprint density at radius 1 is 1.12 bits per heavy atom. The Kier molecular flexibility index (Phi) is 4.77. The van der Waals surface area contributed by atoms with Crippen LogP contribution in [0.1, 0.15) is 27.1 Å². The number of hydrogen-bond donors (Lipinski definition) is 2. The summed E-state index contributed by atoms with van der Waals surface area (Å²) in [4.78, 5) is 23.5. The van der Waals surface area contributed by atoms with Crippen molar-refractivity contribution < 1.29 is 24.2 Å². The second-order valence-corrected chi connectivity index (χ2v) is 5.43. The van der Waals surface area contributed by atoms with E-state index in [4.69, 9.17) is 14.6 Å². The molecular formula is C18H17NO5. The van der Waals surface area contributed by atoms with Crippen molar-refractivity contribution in [1.29, 1.82) is 0 Å². The predicted molar refractivity (Wildman–Crippen MR) is 87.6 cm³/mol. The van der Waals surface area contributed by atoms with E-state index in [0.29, 0.717) is 24.5 Å². The number of carboxylic acids is 1. The minimum absolute atomic E-state index is 0.0482. The maximum absolute atomic E-state index is 12.3. The van der Waals surface area contributed by atoms with Crippen LogP contribution >= 0.6 is 0 Å². The third-order valence-corrected chi connectivity index (χ3v) is 3.71. The van der Waals surface area contributed by atoms with Crippen LogP contribution in [0.15, 0.2) is 48.5 Å². The van der Waals surface area contributed by atoms with E-state index in [9.17, 15) is 9.59 Å². The normalized spacial score (nSPS) is 16.6. The van der Waals surface area contributed by atoms with E-state index in [-0.39, 0.29) is 23.3 Å². The molecule has 2 N–H and O–H groups in total. The molecule has 0 aromatic heterocycles. The van der Waals surface area contributed by atoms with Gasteiger partial charge in [-0.15, -0.1) is 0 Å². The lowest BCUT2D eigenvalue weighted by Crippen LogP contribution is -2.16. The minimum atomic E-state index is -1.09. The molecule has 0 aliphatic carbocycles. The zero-order valence-electron chi connectivity index (χ0n) is 12.9. The zero-order chi connectivity index (χ0) is 16.9. The van der Waals surface area contributed by atoms with Crippen molar-refractivity contribution in [3.63, 3.8) is 0 Å². The second kappa shape index (κ2) is 7.14. The summed E-state index contributed by atoms with van der Waals surface area (Å²) >= 11 is 0. The molecule has 0 bridgehead atoms. The highest BCUT2D eigenvalue weighted by atomic mass is 16.5. The maximum Gasteiger partial charge on any atom is 0.337 e. The number of aromatic carboxylic acids is 1. The van der Waals surface area contributed by atoms with Gasteiger partial charge in [0.05, 0.1) is 24.5 Å². The Balaban J connectivity index is 1.68. The van der Waals surface area contributed by atoms with Gasteiger partial charge in [-0.25, -0.2) is 4.79 Å². The molecule has 0 radical (unpaired) electrons. The zero-order valence-corrected chi connectivity index (χ0v) is 12.9. The summed E-state index contributed by atoms with van der Waals surface area (Å²) in [5, 5.41) is 11.8. The summed E-state index contributed by atoms with van der Waals surface area (Å²) in [6.07, 6.45) is 0.904. The Labute approximate surface area is 139 Å². The molecule has 1 heterocycles. The average molecular weight is 327 g/mol. The fourth-order valence-electron chi connectivity index (χ4n) is 2.46. The largest absolute Gasteiger partial charge is 0.488 e. The van der Waals surface area contributed by atoms with E-state index in [1.807, 2.05) is 0 Å². The highest BCUT2D eigenvalue weighted by Crippen LogP contribution is 2.19. The van der Waals surface area contributed by atoms with Gasteiger partial charge in [0.15, 0.2) is 0 Å². The molecule has 0 spiro atoms. The molecule has 1 aliphatic rings. The first-order valence-corrected chi connectivity index (χ1v) is 7.61. The standard InChI is InChI=1S/C18H17NO5/c20-17(19-16-4-2-1-3-15(16)18(21)22)12-5-7-13(8-6-12)24-14-9-10-23-11-14/h1-8,14H,9-11H2,(H,19,20)(H,21,22)/t14-/m1/s1. The summed E-state index contributed by atoms with van der Waals surface area (Å²) in [6, 6.07) is 13.0. The molecule has 6 nitrogen and oxygen atoms in total. The summed E-state index contributed by atoms with van der Waals surface area (Å²) in [7, 11) is 0. The number of benzene rings is 2. The second-order valence-electron chi connectivity index (χ2n) is 5.43. The molecule has 24 heavy (non-hydrogen) atoms. The monoisotopic (exact) mass is 327 g/mol. The van der Waals surface area contributed by atoms with Gasteiger partial charge < -0.3 is 19.9 Å². The molecule has 124 valence electrons. The highest BCUT2D eigenvalue weighted by Gasteiger charge is 2.17. The predicted octanol–water partition coefficient (Wildman–Crippen LogP) is 2.80. The van der Waals surface area contributed by atoms with Crippen LogP contribution in [0, 0.1) is 0 Å². The quantitative estimate of drug-likeness (QED) is 0.882. The maximum atomic E-state index is 12.3. The van der Waals surface area contributed by atoms with Crippen molar-refractivity contribution in [2.24, 2.45) is 0 Å². The molecule has 1 fully saturated rings. The van der Waals surface area contributed by atoms with Crippen LogP contribution in [0.3, 0.4) is 0 Å². The Hall–Kier alpha value is -2.86. The van der Waals surface area contributed by atoms with Gasteiger partial charge in [-0.2, -0.15) is 0 Å². The average Bonchev–Trinajstić information content (AvgIpc) is 3.09. The van der Waals surface area contributed by atoms with E-state index in [0.717, 1.165) is 6.42 Å². The van der Waals surface area contributed by atoms with Crippen molar-refractivity contribution in [2.75, 3.05) is 18.5 Å². The molecule has 1 atom stereocenters. The van der Waals surface area contributed by atoms with Gasteiger partial charge in [0.1, 0.15) is 11.9 Å². The van der Waals surface area contributed by atoms with Crippen LogP contribution in [-0.2, 0) is 4.74 Å². The molecule has 3 rings (SSSR count). The van der Waals surface area contributed by atoms with E-state index in [2.05, 4.69) is 5.32 Å². The molecule has 2 aromatic carbocycles. The van der Waals surface area contributed by atoms with Gasteiger partial charge in [0.25, 0.3) is 5.91 Å². The Morgan fingerprint density at radius 2 is 1.88 bits per heavy atom. The first-order valence-electron chi connectivity index (χ1n) is 7.61. The van der Waals surface area contributed by atoms with Crippen molar-refractivity contribution in [3.05, 3.63) is 59.7 Å². The highest BCUT2D eigenvalue weighted by molar-refractivity contribution is 6.07. The van der Waals surface area contributed by atoms with Gasteiger partial charge >= 0.3 is 5.97 Å². The smallest absolute Gasteiger partial charge is 0.337 e. The van der Waals surface area contributed by atoms with Gasteiger partial charge in [0.2, 0.25) is 0 Å². The van der Waals surface area contributed by atoms with Crippen molar-refractivity contribution >= 4 is 17.6 Å². The topological polar surface area (TPSA) is 84.9 Å². The Morgan fingerprint density at radius 3 is 2.54 bits per heavy atom. The number of anilines is 1. The molecule has 0 saturated carbocycles. The SMILES string of the molecule is O=C(Nc1ccccc1C(=O)O)c1ccc(O[C@@H]2CCOC2)cc1. The summed E-state index contributed by atoms with van der Waals surface area (Å²) in [5.74, 6) is -0.791. The van der Waals surface area contributed by atoms with Crippen LogP contribution in [0.5, 0.6) is 5.75 Å². The van der Waals surface area contributed by atoms with Crippen LogP contribution in [0.25, 0.3) is 0 Å². The van der Waals surface area contributed by atoms with Gasteiger partial charge in [-0.1, -0.05) is 12.1 Å². The van der Waals surface area contributed by atoms with Crippen LogP contribution in [0.2, 0.25) is 0 Å². The number of hydrogen-bond acceptors (Lipinski definition) is 4. The lowest BCUT2D eigenvalue weighted by molar-refractivity contribution is 0.0698. The summed E-state index contributed by atoms with van der Waals surface area (Å²) in [6.45, 7) is 1.28. The molecule has 0 unspecified atom stereocenters. The van der Waals surface area contributed by atoms with Crippen molar-refractivity contribution in [3.8, 4) is 5.75 Å². The van der Waals surface area contributed by atoms with E-state index < -0.39 is 5.97 Å². The number of para-hydroxylation sites is 1. The van der Waals surface area contributed by atoms with Gasteiger partial charge in [0, 0.05) is 12.0 Å².